The van der Waals surface area contributed by atoms with Crippen LogP contribution in [0.3, 0.4) is 0 Å². The van der Waals surface area contributed by atoms with Crippen LogP contribution in [0.2, 0.25) is 0 Å². The smallest absolute Gasteiger partial charge is 0.289 e. The van der Waals surface area contributed by atoms with Gasteiger partial charge in [-0.1, -0.05) is 0 Å². The third-order valence-corrected chi connectivity index (χ3v) is 4.37. The predicted molar refractivity (Wildman–Crippen MR) is 95.6 cm³/mol. The Morgan fingerprint density at radius 2 is 1.92 bits per heavy atom. The molecule has 1 saturated heterocycles. The molecule has 0 saturated carbocycles. The monoisotopic (exact) mass is 393 g/mol. The summed E-state index contributed by atoms with van der Waals surface area (Å²) in [7, 11) is 3.92. The van der Waals surface area contributed by atoms with Gasteiger partial charge >= 0.3 is 0 Å². The number of hydrogen-bond donors (Lipinski definition) is 0. The molecule has 0 bridgehead atoms. The number of carbonyl (C=O) groups is 1. The Morgan fingerprint density at radius 3 is 2.50 bits per heavy atom. The normalized spacial score (nSPS) is 14.8. The molecular formula is C16H20BrN5O2. The molecule has 1 fully saturated rings. The molecule has 8 heteroatoms. The maximum atomic E-state index is 12.4. The van der Waals surface area contributed by atoms with Gasteiger partial charge in [-0.3, -0.25) is 4.79 Å². The summed E-state index contributed by atoms with van der Waals surface area (Å²) in [5.74, 6) is 2.82. The lowest BCUT2D eigenvalue weighted by molar-refractivity contribution is 0.0713. The lowest BCUT2D eigenvalue weighted by atomic mass is 10.2. The van der Waals surface area contributed by atoms with Crippen molar-refractivity contribution in [3.8, 4) is 0 Å². The van der Waals surface area contributed by atoms with Gasteiger partial charge in [-0.05, 0) is 35.0 Å². The van der Waals surface area contributed by atoms with Gasteiger partial charge in [-0.15, -0.1) is 0 Å². The Kier molecular flexibility index (Phi) is 4.75. The summed E-state index contributed by atoms with van der Waals surface area (Å²) in [5.41, 5.74) is 0. The minimum absolute atomic E-state index is 0.0757. The van der Waals surface area contributed by atoms with Gasteiger partial charge < -0.3 is 19.1 Å². The van der Waals surface area contributed by atoms with Crippen LogP contribution in [0.4, 0.5) is 11.6 Å². The number of piperazine rings is 1. The maximum absolute atomic E-state index is 12.4. The van der Waals surface area contributed by atoms with Crippen molar-refractivity contribution < 1.29 is 9.21 Å². The van der Waals surface area contributed by atoms with Crippen molar-refractivity contribution in [2.75, 3.05) is 50.1 Å². The zero-order valence-electron chi connectivity index (χ0n) is 14.0. The van der Waals surface area contributed by atoms with E-state index in [0.29, 0.717) is 23.5 Å². The number of halogens is 1. The molecule has 0 aliphatic carbocycles. The number of nitrogens with zero attached hydrogens (tertiary/aromatic N) is 5. The summed E-state index contributed by atoms with van der Waals surface area (Å²) in [5, 5.41) is 0. The number of furan rings is 1. The molecule has 0 unspecified atom stereocenters. The van der Waals surface area contributed by atoms with Crippen molar-refractivity contribution in [3.05, 3.63) is 34.5 Å². The van der Waals surface area contributed by atoms with Crippen LogP contribution < -0.4 is 9.80 Å². The second kappa shape index (κ2) is 6.80. The number of amides is 1. The molecule has 0 spiro atoms. The molecule has 7 nitrogen and oxygen atoms in total. The van der Waals surface area contributed by atoms with E-state index in [2.05, 4.69) is 30.8 Å². The first-order valence-electron chi connectivity index (χ1n) is 7.76. The molecule has 2 aromatic heterocycles. The van der Waals surface area contributed by atoms with E-state index in [1.165, 1.54) is 0 Å². The quantitative estimate of drug-likeness (QED) is 0.795. The van der Waals surface area contributed by atoms with Crippen LogP contribution >= 0.6 is 15.9 Å². The van der Waals surface area contributed by atoms with Crippen LogP contribution in [0.15, 0.2) is 27.3 Å². The van der Waals surface area contributed by atoms with Gasteiger partial charge in [0.05, 0.1) is 0 Å². The fraction of sp³-hybridized carbons (Fsp3) is 0.438. The first-order valence-corrected chi connectivity index (χ1v) is 8.56. The fourth-order valence-electron chi connectivity index (χ4n) is 2.65. The van der Waals surface area contributed by atoms with E-state index in [-0.39, 0.29) is 5.91 Å². The molecule has 1 aliphatic rings. The summed E-state index contributed by atoms with van der Waals surface area (Å²) in [6, 6.07) is 5.40. The zero-order chi connectivity index (χ0) is 17.3. The molecule has 24 heavy (non-hydrogen) atoms. The molecule has 0 radical (unpaired) electrons. The third-order valence-electron chi connectivity index (χ3n) is 3.94. The van der Waals surface area contributed by atoms with E-state index in [1.54, 1.807) is 12.1 Å². The molecular weight excluding hydrogens is 374 g/mol. The van der Waals surface area contributed by atoms with E-state index >= 15 is 0 Å². The van der Waals surface area contributed by atoms with Crippen molar-refractivity contribution >= 4 is 33.5 Å². The zero-order valence-corrected chi connectivity index (χ0v) is 15.6. The first-order chi connectivity index (χ1) is 11.4. The molecule has 2 aromatic rings. The van der Waals surface area contributed by atoms with Crippen LogP contribution in [-0.2, 0) is 0 Å². The summed E-state index contributed by atoms with van der Waals surface area (Å²) in [4.78, 5) is 27.3. The average Bonchev–Trinajstić information content (AvgIpc) is 3.00. The Hall–Kier alpha value is -2.09. The predicted octanol–water partition coefficient (Wildman–Crippen LogP) is 2.17. The van der Waals surface area contributed by atoms with Gasteiger partial charge in [0.1, 0.15) is 17.5 Å². The fourth-order valence-corrected chi connectivity index (χ4v) is 2.96. The number of carbonyl (C=O) groups excluding carboxylic acids is 1. The second-order valence-corrected chi connectivity index (χ2v) is 6.69. The molecule has 128 valence electrons. The molecule has 0 N–H and O–H groups in total. The minimum Gasteiger partial charge on any atom is -0.444 e. The number of hydrogen-bond acceptors (Lipinski definition) is 6. The highest BCUT2D eigenvalue weighted by Crippen LogP contribution is 2.21. The summed E-state index contributed by atoms with van der Waals surface area (Å²) in [6.45, 7) is 4.63. The number of aryl methyl sites for hydroxylation is 1. The lowest BCUT2D eigenvalue weighted by Crippen LogP contribution is -2.49. The van der Waals surface area contributed by atoms with Crippen LogP contribution in [0, 0.1) is 6.92 Å². The molecule has 1 aliphatic heterocycles. The molecule has 1 amide bonds. The highest BCUT2D eigenvalue weighted by molar-refractivity contribution is 9.10. The Labute approximate surface area is 149 Å². The van der Waals surface area contributed by atoms with Gasteiger partial charge in [0.2, 0.25) is 0 Å². The Morgan fingerprint density at radius 1 is 1.21 bits per heavy atom. The standard InChI is InChI=1S/C16H20BrN5O2/c1-11-18-14(20(2)3)10-15(19-11)21-6-8-22(9-7-21)16(23)12-4-5-13(17)24-12/h4-5,10H,6-9H2,1-3H3. The first kappa shape index (κ1) is 16.8. The van der Waals surface area contributed by atoms with E-state index in [1.807, 2.05) is 36.9 Å². The van der Waals surface area contributed by atoms with Gasteiger partial charge in [-0.2, -0.15) is 0 Å². The maximum Gasteiger partial charge on any atom is 0.289 e. The Balaban J connectivity index is 1.68. The highest BCUT2D eigenvalue weighted by Gasteiger charge is 2.25. The van der Waals surface area contributed by atoms with Crippen LogP contribution in [0.25, 0.3) is 0 Å². The van der Waals surface area contributed by atoms with Gasteiger partial charge in [0.15, 0.2) is 10.4 Å². The summed E-state index contributed by atoms with van der Waals surface area (Å²) in [6.07, 6.45) is 0. The molecule has 3 heterocycles. The van der Waals surface area contributed by atoms with Gasteiger partial charge in [-0.25, -0.2) is 9.97 Å². The molecule has 0 atom stereocenters. The molecule has 3 rings (SSSR count). The van der Waals surface area contributed by atoms with E-state index < -0.39 is 0 Å². The van der Waals surface area contributed by atoms with Crippen molar-refractivity contribution in [2.45, 2.75) is 6.92 Å². The number of anilines is 2. The largest absolute Gasteiger partial charge is 0.444 e. The van der Waals surface area contributed by atoms with E-state index in [9.17, 15) is 4.79 Å². The van der Waals surface area contributed by atoms with Gasteiger partial charge in [0, 0.05) is 46.3 Å². The highest BCUT2D eigenvalue weighted by atomic mass is 79.9. The van der Waals surface area contributed by atoms with E-state index in [0.717, 1.165) is 30.5 Å². The molecule has 0 aromatic carbocycles. The third kappa shape index (κ3) is 3.53. The van der Waals surface area contributed by atoms with Gasteiger partial charge in [0.25, 0.3) is 5.91 Å². The summed E-state index contributed by atoms with van der Waals surface area (Å²) < 4.78 is 5.92. The average molecular weight is 394 g/mol. The second-order valence-electron chi connectivity index (χ2n) is 5.91. The van der Waals surface area contributed by atoms with Crippen LogP contribution in [-0.4, -0.2) is 61.0 Å². The summed E-state index contributed by atoms with van der Waals surface area (Å²) >= 11 is 3.23. The SMILES string of the molecule is Cc1nc(N(C)C)cc(N2CCN(C(=O)c3ccc(Br)o3)CC2)n1. The minimum atomic E-state index is -0.0757. The van der Waals surface area contributed by atoms with Crippen molar-refractivity contribution in [2.24, 2.45) is 0 Å². The van der Waals surface area contributed by atoms with Crippen LogP contribution in [0.1, 0.15) is 16.4 Å². The number of aromatic nitrogens is 2. The van der Waals surface area contributed by atoms with Crippen molar-refractivity contribution in [1.82, 2.24) is 14.9 Å². The van der Waals surface area contributed by atoms with Crippen LogP contribution in [0.5, 0.6) is 0 Å². The topological polar surface area (TPSA) is 65.7 Å². The Bertz CT molecular complexity index is 738. The number of rotatable bonds is 3. The van der Waals surface area contributed by atoms with Crippen molar-refractivity contribution in [1.29, 1.82) is 0 Å². The lowest BCUT2D eigenvalue weighted by Gasteiger charge is -2.35. The van der Waals surface area contributed by atoms with E-state index in [4.69, 9.17) is 4.42 Å². The van der Waals surface area contributed by atoms with Crippen molar-refractivity contribution in [3.63, 3.8) is 0 Å².